The minimum atomic E-state index is -4.35. The van der Waals surface area contributed by atoms with Crippen molar-refractivity contribution < 1.29 is 22.7 Å². The highest BCUT2D eigenvalue weighted by molar-refractivity contribution is 7.90. The van der Waals surface area contributed by atoms with Gasteiger partial charge in [0.05, 0.1) is 44.8 Å². The van der Waals surface area contributed by atoms with Gasteiger partial charge in [0.15, 0.2) is 5.03 Å². The molecule has 1 aliphatic heterocycles. The molecule has 4 heterocycles. The lowest BCUT2D eigenvalue weighted by Gasteiger charge is -2.45. The standard InChI is InChI=1S/C35H38N4O5S2/c1-20-14-15-26(43-19-22-17-34(3,4)44-35(5,6)18-22)30-24(33(40)39-46(41,42)29-13-9-12-28(36)38-29)16-25(37-31(20)30)32-21(2)23-10-7-8-11-27(23)45-32/h7-16,22H,17-19H2,1-6H3,(H2,36,38)(H,39,40). The van der Waals surface area contributed by atoms with Gasteiger partial charge >= 0.3 is 0 Å². The van der Waals surface area contributed by atoms with Crippen LogP contribution in [0.25, 0.3) is 31.6 Å². The number of fused-ring (bicyclic) bond motifs is 2. The predicted molar refractivity (Wildman–Crippen MR) is 183 cm³/mol. The number of nitrogens with one attached hydrogen (secondary N) is 1. The van der Waals surface area contributed by atoms with Crippen LogP contribution in [0.3, 0.4) is 0 Å². The molecule has 0 spiro atoms. The third-order valence-electron chi connectivity index (χ3n) is 8.28. The number of anilines is 1. The Morgan fingerprint density at radius 2 is 1.74 bits per heavy atom. The molecule has 2 aromatic carbocycles. The summed E-state index contributed by atoms with van der Waals surface area (Å²) in [6.07, 6.45) is 1.62. The van der Waals surface area contributed by atoms with E-state index >= 15 is 0 Å². The minimum absolute atomic E-state index is 0.0259. The van der Waals surface area contributed by atoms with E-state index in [9.17, 15) is 13.2 Å². The second kappa shape index (κ2) is 11.6. The van der Waals surface area contributed by atoms with Crippen molar-refractivity contribution in [2.75, 3.05) is 12.3 Å². The summed E-state index contributed by atoms with van der Waals surface area (Å²) in [5.41, 5.74) is 8.26. The average molecular weight is 659 g/mol. The summed E-state index contributed by atoms with van der Waals surface area (Å²) in [6, 6.07) is 17.7. The molecule has 6 rings (SSSR count). The van der Waals surface area contributed by atoms with Crippen molar-refractivity contribution in [3.05, 3.63) is 77.4 Å². The maximum atomic E-state index is 14.1. The molecule has 0 bridgehead atoms. The first-order chi connectivity index (χ1) is 21.6. The summed E-state index contributed by atoms with van der Waals surface area (Å²) >= 11 is 1.58. The van der Waals surface area contributed by atoms with Gasteiger partial charge in [-0.05, 0) is 107 Å². The number of rotatable bonds is 7. The molecule has 9 nitrogen and oxygen atoms in total. The zero-order chi connectivity index (χ0) is 33.0. The Balaban J connectivity index is 1.47. The van der Waals surface area contributed by atoms with Crippen molar-refractivity contribution in [3.63, 3.8) is 0 Å². The van der Waals surface area contributed by atoms with Crippen molar-refractivity contribution >= 4 is 54.1 Å². The highest BCUT2D eigenvalue weighted by atomic mass is 32.2. The number of ether oxygens (including phenoxy) is 2. The molecule has 0 radical (unpaired) electrons. The lowest BCUT2D eigenvalue weighted by atomic mass is 9.81. The summed E-state index contributed by atoms with van der Waals surface area (Å²) < 4.78 is 42.7. The number of sulfonamides is 1. The molecular formula is C35H38N4O5S2. The van der Waals surface area contributed by atoms with E-state index in [4.69, 9.17) is 20.2 Å². The van der Waals surface area contributed by atoms with Gasteiger partial charge in [0.1, 0.15) is 11.6 Å². The fraction of sp³-hybridized carbons (Fsp3) is 0.343. The number of nitrogens with two attached hydrogens (primary N) is 1. The van der Waals surface area contributed by atoms with Gasteiger partial charge in [-0.25, -0.2) is 14.7 Å². The van der Waals surface area contributed by atoms with E-state index in [2.05, 4.69) is 43.5 Å². The van der Waals surface area contributed by atoms with Crippen molar-refractivity contribution in [3.8, 4) is 16.3 Å². The maximum absolute atomic E-state index is 14.1. The molecule has 0 saturated carbocycles. The van der Waals surface area contributed by atoms with E-state index in [1.54, 1.807) is 17.4 Å². The summed E-state index contributed by atoms with van der Waals surface area (Å²) in [4.78, 5) is 23.9. The molecule has 3 N–H and O–H groups in total. The van der Waals surface area contributed by atoms with Gasteiger partial charge in [-0.1, -0.05) is 30.3 Å². The van der Waals surface area contributed by atoms with E-state index in [0.717, 1.165) is 38.9 Å². The zero-order valence-electron chi connectivity index (χ0n) is 26.8. The van der Waals surface area contributed by atoms with E-state index in [0.29, 0.717) is 29.0 Å². The number of nitrogen functional groups attached to an aromatic ring is 1. The van der Waals surface area contributed by atoms with Crippen molar-refractivity contribution in [2.24, 2.45) is 5.92 Å². The number of amides is 1. The predicted octanol–water partition coefficient (Wildman–Crippen LogP) is 7.19. The molecule has 0 unspecified atom stereocenters. The number of carbonyl (C=O) groups is 1. The van der Waals surface area contributed by atoms with Crippen molar-refractivity contribution in [1.82, 2.24) is 14.7 Å². The normalized spacial score (nSPS) is 16.5. The van der Waals surface area contributed by atoms with Crippen LogP contribution < -0.4 is 15.2 Å². The van der Waals surface area contributed by atoms with E-state index < -0.39 is 15.9 Å². The Morgan fingerprint density at radius 1 is 1.02 bits per heavy atom. The number of hydrogen-bond acceptors (Lipinski definition) is 9. The van der Waals surface area contributed by atoms with Crippen LogP contribution in [0.5, 0.6) is 5.75 Å². The second-order valence-corrected chi connectivity index (χ2v) is 15.9. The highest BCUT2D eigenvalue weighted by Crippen LogP contribution is 2.42. The number of benzene rings is 2. The number of aryl methyl sites for hydroxylation is 2. The molecule has 11 heteroatoms. The summed E-state index contributed by atoms with van der Waals surface area (Å²) in [7, 11) is -4.35. The molecule has 46 heavy (non-hydrogen) atoms. The lowest BCUT2D eigenvalue weighted by Crippen LogP contribution is -2.46. The smallest absolute Gasteiger partial charge is 0.281 e. The first-order valence-corrected chi connectivity index (χ1v) is 17.5. The lowest BCUT2D eigenvalue weighted by molar-refractivity contribution is -0.175. The van der Waals surface area contributed by atoms with E-state index in [1.165, 1.54) is 18.2 Å². The third-order valence-corrected chi connectivity index (χ3v) is 10.8. The SMILES string of the molecule is Cc1c(-c2cc(C(=O)NS(=O)(=O)c3cccc(N)n3)c3c(OCC4CC(C)(C)OC(C)(C)C4)ccc(C)c3n2)sc2ccccc12. The van der Waals surface area contributed by atoms with Gasteiger partial charge in [-0.3, -0.25) is 4.79 Å². The van der Waals surface area contributed by atoms with Crippen LogP contribution in [0.2, 0.25) is 0 Å². The van der Waals surface area contributed by atoms with Crippen LogP contribution >= 0.6 is 11.3 Å². The monoisotopic (exact) mass is 658 g/mol. The van der Waals surface area contributed by atoms with Crippen molar-refractivity contribution in [2.45, 2.75) is 70.6 Å². The zero-order valence-corrected chi connectivity index (χ0v) is 28.4. The molecule has 3 aromatic heterocycles. The maximum Gasteiger partial charge on any atom is 0.281 e. The third kappa shape index (κ3) is 6.31. The summed E-state index contributed by atoms with van der Waals surface area (Å²) in [5.74, 6) is -0.131. The van der Waals surface area contributed by atoms with Gasteiger partial charge in [-0.2, -0.15) is 8.42 Å². The molecule has 1 aliphatic rings. The van der Waals surface area contributed by atoms with Gasteiger partial charge in [0.2, 0.25) is 0 Å². The molecule has 1 saturated heterocycles. The fourth-order valence-corrected chi connectivity index (χ4v) is 8.82. The number of thiophene rings is 1. The van der Waals surface area contributed by atoms with E-state index in [-0.39, 0.29) is 33.5 Å². The molecule has 0 aliphatic carbocycles. The van der Waals surface area contributed by atoms with Gasteiger partial charge < -0.3 is 15.2 Å². The van der Waals surface area contributed by atoms with Gasteiger partial charge in [0, 0.05) is 4.70 Å². The van der Waals surface area contributed by atoms with Crippen molar-refractivity contribution in [1.29, 1.82) is 0 Å². The first kappa shape index (κ1) is 31.9. The number of carbonyl (C=O) groups excluding carboxylic acids is 1. The molecular weight excluding hydrogens is 621 g/mol. The summed E-state index contributed by atoms with van der Waals surface area (Å²) in [6.45, 7) is 12.7. The Bertz CT molecular complexity index is 2090. The Hall–Kier alpha value is -4.06. The van der Waals surface area contributed by atoms with Crippen LogP contribution in [-0.4, -0.2) is 42.1 Å². The highest BCUT2D eigenvalue weighted by Gasteiger charge is 2.39. The van der Waals surface area contributed by atoms with Crippen LogP contribution in [0.15, 0.2) is 65.7 Å². The van der Waals surface area contributed by atoms with Crippen LogP contribution in [0.4, 0.5) is 5.82 Å². The fourth-order valence-electron chi connectivity index (χ4n) is 6.71. The second-order valence-electron chi connectivity index (χ2n) is 13.3. The number of hydrogen-bond donors (Lipinski definition) is 2. The van der Waals surface area contributed by atoms with E-state index in [1.807, 2.05) is 44.2 Å². The Morgan fingerprint density at radius 3 is 2.43 bits per heavy atom. The number of nitrogens with zero attached hydrogens (tertiary/aromatic N) is 2. The van der Waals surface area contributed by atoms with Crippen LogP contribution in [-0.2, 0) is 14.8 Å². The molecule has 1 fully saturated rings. The quantitative estimate of drug-likeness (QED) is 0.188. The largest absolute Gasteiger partial charge is 0.493 e. The summed E-state index contributed by atoms with van der Waals surface area (Å²) in [5, 5.41) is 1.19. The molecule has 1 amide bonds. The van der Waals surface area contributed by atoms with Crippen LogP contribution in [0, 0.1) is 19.8 Å². The Kier molecular flexibility index (Phi) is 8.07. The van der Waals surface area contributed by atoms with Gasteiger partial charge in [0.25, 0.3) is 15.9 Å². The molecule has 240 valence electrons. The average Bonchev–Trinajstić information content (AvgIpc) is 3.31. The first-order valence-electron chi connectivity index (χ1n) is 15.2. The van der Waals surface area contributed by atoms with Gasteiger partial charge in [-0.15, -0.1) is 11.3 Å². The molecule has 0 atom stereocenters. The number of pyridine rings is 2. The Labute approximate surface area is 273 Å². The minimum Gasteiger partial charge on any atom is -0.493 e. The topological polar surface area (TPSA) is 134 Å². The number of aromatic nitrogens is 2. The molecule has 5 aromatic rings. The van der Waals surface area contributed by atoms with Crippen LogP contribution in [0.1, 0.15) is 62.0 Å².